The van der Waals surface area contributed by atoms with Gasteiger partial charge in [0.05, 0.1) is 11.9 Å². The minimum atomic E-state index is -0.0743. The molecule has 5 heteroatoms. The summed E-state index contributed by atoms with van der Waals surface area (Å²) < 4.78 is 0. The molecule has 98 valence electrons. The predicted molar refractivity (Wildman–Crippen MR) is 74.4 cm³/mol. The lowest BCUT2D eigenvalue weighted by atomic mass is 10.3. The van der Waals surface area contributed by atoms with E-state index in [0.717, 1.165) is 11.5 Å². The lowest BCUT2D eigenvalue weighted by Gasteiger charge is -2.16. The van der Waals surface area contributed by atoms with Crippen LogP contribution >= 0.6 is 0 Å². The summed E-state index contributed by atoms with van der Waals surface area (Å²) in [6, 6.07) is 7.96. The summed E-state index contributed by atoms with van der Waals surface area (Å²) in [5.41, 5.74) is 1.35. The van der Waals surface area contributed by atoms with Crippen LogP contribution in [0, 0.1) is 0 Å². The van der Waals surface area contributed by atoms with Gasteiger partial charge in [-0.05, 0) is 37.1 Å². The van der Waals surface area contributed by atoms with E-state index in [1.165, 1.54) is 12.8 Å². The van der Waals surface area contributed by atoms with Crippen molar-refractivity contribution in [2.24, 2.45) is 0 Å². The Morgan fingerprint density at radius 2 is 2.26 bits per heavy atom. The SMILES string of the molecule is CN(C(=O)c1ccc[nH]1)c1ccc(NC2CC2)nc1. The summed E-state index contributed by atoms with van der Waals surface area (Å²) in [4.78, 5) is 21.0. The van der Waals surface area contributed by atoms with Gasteiger partial charge in [-0.1, -0.05) is 0 Å². The van der Waals surface area contributed by atoms with E-state index in [-0.39, 0.29) is 5.91 Å². The zero-order chi connectivity index (χ0) is 13.2. The first kappa shape index (κ1) is 11.8. The fourth-order valence-corrected chi connectivity index (χ4v) is 1.87. The number of aromatic nitrogens is 2. The van der Waals surface area contributed by atoms with Gasteiger partial charge < -0.3 is 15.2 Å². The number of nitrogens with one attached hydrogen (secondary N) is 2. The molecule has 0 radical (unpaired) electrons. The van der Waals surface area contributed by atoms with Crippen molar-refractivity contribution in [2.45, 2.75) is 18.9 Å². The highest BCUT2D eigenvalue weighted by Gasteiger charge is 2.21. The van der Waals surface area contributed by atoms with Gasteiger partial charge in [-0.25, -0.2) is 4.98 Å². The summed E-state index contributed by atoms with van der Waals surface area (Å²) in [5.74, 6) is 0.793. The molecule has 0 atom stereocenters. The Labute approximate surface area is 111 Å². The third kappa shape index (κ3) is 2.59. The average Bonchev–Trinajstić information content (AvgIpc) is 3.08. The summed E-state index contributed by atoms with van der Waals surface area (Å²) in [6.07, 6.45) is 5.89. The molecule has 2 heterocycles. The molecule has 1 fully saturated rings. The Kier molecular flexibility index (Phi) is 2.95. The van der Waals surface area contributed by atoms with Crippen molar-refractivity contribution >= 4 is 17.4 Å². The van der Waals surface area contributed by atoms with E-state index in [1.807, 2.05) is 18.2 Å². The second-order valence-electron chi connectivity index (χ2n) is 4.77. The highest BCUT2D eigenvalue weighted by molar-refractivity contribution is 6.04. The van der Waals surface area contributed by atoms with Crippen LogP contribution in [0.1, 0.15) is 23.3 Å². The third-order valence-corrected chi connectivity index (χ3v) is 3.20. The van der Waals surface area contributed by atoms with E-state index in [0.29, 0.717) is 11.7 Å². The van der Waals surface area contributed by atoms with Crippen LogP contribution in [0.25, 0.3) is 0 Å². The van der Waals surface area contributed by atoms with Crippen LogP contribution in [-0.4, -0.2) is 29.0 Å². The quantitative estimate of drug-likeness (QED) is 0.882. The molecule has 0 aliphatic heterocycles. The summed E-state index contributed by atoms with van der Waals surface area (Å²) in [7, 11) is 1.74. The minimum absolute atomic E-state index is 0.0743. The molecule has 3 rings (SSSR count). The molecule has 0 saturated heterocycles. The number of rotatable bonds is 4. The second kappa shape index (κ2) is 4.76. The molecular formula is C14H16N4O. The predicted octanol–water partition coefficient (Wildman–Crippen LogP) is 2.26. The van der Waals surface area contributed by atoms with Crippen LogP contribution in [0.4, 0.5) is 11.5 Å². The molecule has 2 N–H and O–H groups in total. The molecule has 2 aromatic rings. The fraction of sp³-hybridized carbons (Fsp3) is 0.286. The molecular weight excluding hydrogens is 240 g/mol. The maximum absolute atomic E-state index is 12.1. The van der Waals surface area contributed by atoms with Crippen molar-refractivity contribution in [1.82, 2.24) is 9.97 Å². The van der Waals surface area contributed by atoms with E-state index in [4.69, 9.17) is 0 Å². The minimum Gasteiger partial charge on any atom is -0.367 e. The topological polar surface area (TPSA) is 61.0 Å². The largest absolute Gasteiger partial charge is 0.367 e. The van der Waals surface area contributed by atoms with Crippen LogP contribution in [0.5, 0.6) is 0 Å². The summed E-state index contributed by atoms with van der Waals surface area (Å²) in [5, 5.41) is 3.32. The van der Waals surface area contributed by atoms with Crippen molar-refractivity contribution in [3.05, 3.63) is 42.4 Å². The molecule has 1 aliphatic carbocycles. The van der Waals surface area contributed by atoms with Crippen LogP contribution in [0.2, 0.25) is 0 Å². The zero-order valence-electron chi connectivity index (χ0n) is 10.8. The van der Waals surface area contributed by atoms with E-state index in [9.17, 15) is 4.79 Å². The number of carbonyl (C=O) groups excluding carboxylic acids is 1. The third-order valence-electron chi connectivity index (χ3n) is 3.20. The molecule has 1 amide bonds. The van der Waals surface area contributed by atoms with E-state index < -0.39 is 0 Å². The first-order valence-corrected chi connectivity index (χ1v) is 6.38. The standard InChI is InChI=1S/C14H16N4O/c1-18(14(19)12-3-2-8-15-12)11-6-7-13(16-9-11)17-10-4-5-10/h2-3,6-10,15H,4-5H2,1H3,(H,16,17). The van der Waals surface area contributed by atoms with Crippen molar-refractivity contribution in [3.63, 3.8) is 0 Å². The number of aromatic amines is 1. The maximum atomic E-state index is 12.1. The highest BCUT2D eigenvalue weighted by atomic mass is 16.2. The number of anilines is 2. The Hall–Kier alpha value is -2.30. The first-order chi connectivity index (χ1) is 9.24. The van der Waals surface area contributed by atoms with Gasteiger partial charge in [0.25, 0.3) is 5.91 Å². The van der Waals surface area contributed by atoms with Gasteiger partial charge in [0.2, 0.25) is 0 Å². The molecule has 0 bridgehead atoms. The van der Waals surface area contributed by atoms with E-state index >= 15 is 0 Å². The number of nitrogens with zero attached hydrogens (tertiary/aromatic N) is 2. The Balaban J connectivity index is 1.72. The highest BCUT2D eigenvalue weighted by Crippen LogP contribution is 2.24. The lowest BCUT2D eigenvalue weighted by molar-refractivity contribution is 0.0989. The van der Waals surface area contributed by atoms with Gasteiger partial charge in [0.15, 0.2) is 0 Å². The Morgan fingerprint density at radius 3 is 2.84 bits per heavy atom. The maximum Gasteiger partial charge on any atom is 0.274 e. The van der Waals surface area contributed by atoms with Crippen LogP contribution in [0.3, 0.4) is 0 Å². The molecule has 2 aromatic heterocycles. The summed E-state index contributed by atoms with van der Waals surface area (Å²) >= 11 is 0. The number of H-pyrrole nitrogens is 1. The summed E-state index contributed by atoms with van der Waals surface area (Å²) in [6.45, 7) is 0. The molecule has 0 unspecified atom stereocenters. The van der Waals surface area contributed by atoms with Crippen molar-refractivity contribution in [1.29, 1.82) is 0 Å². The van der Waals surface area contributed by atoms with E-state index in [1.54, 1.807) is 30.4 Å². The zero-order valence-corrected chi connectivity index (χ0v) is 10.8. The number of hydrogen-bond acceptors (Lipinski definition) is 3. The van der Waals surface area contributed by atoms with Gasteiger partial charge in [0, 0.05) is 19.3 Å². The molecule has 0 aromatic carbocycles. The normalized spacial score (nSPS) is 14.2. The molecule has 1 aliphatic rings. The van der Waals surface area contributed by atoms with Crippen LogP contribution in [-0.2, 0) is 0 Å². The number of amides is 1. The van der Waals surface area contributed by atoms with Gasteiger partial charge in [0.1, 0.15) is 11.5 Å². The van der Waals surface area contributed by atoms with Crippen molar-refractivity contribution in [2.75, 3.05) is 17.3 Å². The van der Waals surface area contributed by atoms with Gasteiger partial charge in [-0.2, -0.15) is 0 Å². The van der Waals surface area contributed by atoms with Gasteiger partial charge in [-0.15, -0.1) is 0 Å². The molecule has 19 heavy (non-hydrogen) atoms. The van der Waals surface area contributed by atoms with Gasteiger partial charge >= 0.3 is 0 Å². The number of pyridine rings is 1. The van der Waals surface area contributed by atoms with Crippen molar-refractivity contribution in [3.8, 4) is 0 Å². The average molecular weight is 256 g/mol. The van der Waals surface area contributed by atoms with Gasteiger partial charge in [-0.3, -0.25) is 4.79 Å². The first-order valence-electron chi connectivity index (χ1n) is 6.38. The Morgan fingerprint density at radius 1 is 1.42 bits per heavy atom. The second-order valence-corrected chi connectivity index (χ2v) is 4.77. The van der Waals surface area contributed by atoms with Crippen LogP contribution < -0.4 is 10.2 Å². The van der Waals surface area contributed by atoms with Crippen molar-refractivity contribution < 1.29 is 4.79 Å². The van der Waals surface area contributed by atoms with Crippen LogP contribution in [0.15, 0.2) is 36.7 Å². The fourth-order valence-electron chi connectivity index (χ4n) is 1.87. The monoisotopic (exact) mass is 256 g/mol. The smallest absolute Gasteiger partial charge is 0.274 e. The lowest BCUT2D eigenvalue weighted by Crippen LogP contribution is -2.26. The van der Waals surface area contributed by atoms with E-state index in [2.05, 4.69) is 15.3 Å². The number of hydrogen-bond donors (Lipinski definition) is 2. The molecule has 0 spiro atoms. The molecule has 1 saturated carbocycles. The Bertz CT molecular complexity index is 558. The number of carbonyl (C=O) groups is 1. The molecule has 5 nitrogen and oxygen atoms in total.